The van der Waals surface area contributed by atoms with Crippen LogP contribution in [-0.2, 0) is 4.74 Å². The molecule has 3 rings (SSSR count). The molecular weight excluding hydrogens is 294 g/mol. The van der Waals surface area contributed by atoms with E-state index in [9.17, 15) is 4.79 Å². The topological polar surface area (TPSA) is 79.4 Å². The zero-order chi connectivity index (χ0) is 16.3. The minimum Gasteiger partial charge on any atom is -0.373 e. The number of ether oxygens (including phenoxy) is 1. The number of hydrogen-bond donors (Lipinski definition) is 2. The summed E-state index contributed by atoms with van der Waals surface area (Å²) in [7, 11) is 0. The van der Waals surface area contributed by atoms with E-state index in [4.69, 9.17) is 4.74 Å². The van der Waals surface area contributed by atoms with Gasteiger partial charge in [-0.1, -0.05) is 0 Å². The van der Waals surface area contributed by atoms with Crippen LogP contribution in [0.5, 0.6) is 0 Å². The van der Waals surface area contributed by atoms with Gasteiger partial charge in [0.15, 0.2) is 0 Å². The van der Waals surface area contributed by atoms with Crippen molar-refractivity contribution in [3.05, 3.63) is 18.5 Å². The van der Waals surface area contributed by atoms with Gasteiger partial charge in [-0.3, -0.25) is 0 Å². The quantitative estimate of drug-likeness (QED) is 0.885. The molecule has 2 saturated heterocycles. The lowest BCUT2D eigenvalue weighted by Crippen LogP contribution is -2.51. The van der Waals surface area contributed by atoms with E-state index in [1.165, 1.54) is 0 Å². The summed E-state index contributed by atoms with van der Waals surface area (Å²) in [5.41, 5.74) is -0.110. The average molecular weight is 319 g/mol. The Hall–Kier alpha value is -1.89. The number of amides is 2. The van der Waals surface area contributed by atoms with Crippen LogP contribution < -0.4 is 10.6 Å². The van der Waals surface area contributed by atoms with Crippen molar-refractivity contribution in [3.8, 4) is 0 Å². The van der Waals surface area contributed by atoms with E-state index in [1.807, 2.05) is 18.7 Å². The van der Waals surface area contributed by atoms with Crippen LogP contribution in [0, 0.1) is 0 Å². The number of rotatable bonds is 3. The van der Waals surface area contributed by atoms with Gasteiger partial charge in [0.05, 0.1) is 18.2 Å². The van der Waals surface area contributed by atoms with Gasteiger partial charge in [0, 0.05) is 31.5 Å². The highest BCUT2D eigenvalue weighted by molar-refractivity contribution is 5.74. The molecule has 2 amide bonds. The van der Waals surface area contributed by atoms with Crippen LogP contribution in [0.25, 0.3) is 0 Å². The van der Waals surface area contributed by atoms with Crippen LogP contribution >= 0.6 is 0 Å². The second-order valence-electron chi connectivity index (χ2n) is 6.70. The van der Waals surface area contributed by atoms with Crippen LogP contribution in [0.3, 0.4) is 0 Å². The molecule has 7 heteroatoms. The third-order valence-corrected chi connectivity index (χ3v) is 4.48. The number of nitrogens with zero attached hydrogens (tertiary/aromatic N) is 3. The number of piperidine rings is 1. The molecule has 2 aliphatic rings. The molecule has 0 saturated carbocycles. The van der Waals surface area contributed by atoms with Crippen LogP contribution in [0.4, 0.5) is 10.7 Å². The van der Waals surface area contributed by atoms with E-state index in [-0.39, 0.29) is 23.7 Å². The van der Waals surface area contributed by atoms with Gasteiger partial charge < -0.3 is 20.3 Å². The molecule has 1 aromatic heterocycles. The fourth-order valence-corrected chi connectivity index (χ4v) is 3.30. The van der Waals surface area contributed by atoms with Crippen molar-refractivity contribution in [2.24, 2.45) is 0 Å². The smallest absolute Gasteiger partial charge is 0.317 e. The van der Waals surface area contributed by atoms with Gasteiger partial charge in [-0.25, -0.2) is 14.8 Å². The standard InChI is InChI=1S/C16H25N5O2/c1-12(2)19-15(22)21-8-4-16(5-9-21)10-13(11-23-16)20-14-17-6-3-7-18-14/h3,6-7,12-13H,4-5,8-11H2,1-2H3,(H,19,22)(H,17,18,20)/t13-/m0/s1. The largest absolute Gasteiger partial charge is 0.373 e. The Morgan fingerprint density at radius 2 is 2.04 bits per heavy atom. The number of aromatic nitrogens is 2. The average Bonchev–Trinajstić information content (AvgIpc) is 2.91. The van der Waals surface area contributed by atoms with E-state index in [1.54, 1.807) is 18.5 Å². The SMILES string of the molecule is CC(C)NC(=O)N1CCC2(CC1)C[C@H](Nc1ncccn1)CO2. The summed E-state index contributed by atoms with van der Waals surface area (Å²) in [6.45, 7) is 6.10. The second kappa shape index (κ2) is 6.70. The Morgan fingerprint density at radius 3 is 2.70 bits per heavy atom. The van der Waals surface area contributed by atoms with Gasteiger partial charge in [0.2, 0.25) is 5.95 Å². The van der Waals surface area contributed by atoms with Crippen molar-refractivity contribution in [1.29, 1.82) is 0 Å². The van der Waals surface area contributed by atoms with Crippen molar-refractivity contribution in [2.75, 3.05) is 25.0 Å². The number of likely N-dealkylation sites (tertiary alicyclic amines) is 1. The van der Waals surface area contributed by atoms with Gasteiger partial charge in [-0.2, -0.15) is 0 Å². The van der Waals surface area contributed by atoms with Crippen molar-refractivity contribution < 1.29 is 9.53 Å². The molecule has 7 nitrogen and oxygen atoms in total. The zero-order valence-electron chi connectivity index (χ0n) is 13.8. The highest BCUT2D eigenvalue weighted by Gasteiger charge is 2.43. The highest BCUT2D eigenvalue weighted by Crippen LogP contribution is 2.36. The summed E-state index contributed by atoms with van der Waals surface area (Å²) in [4.78, 5) is 22.3. The maximum Gasteiger partial charge on any atom is 0.317 e. The minimum atomic E-state index is -0.110. The van der Waals surface area contributed by atoms with Gasteiger partial charge >= 0.3 is 6.03 Å². The number of urea groups is 1. The Labute approximate surface area is 136 Å². The lowest BCUT2D eigenvalue weighted by atomic mass is 9.87. The third kappa shape index (κ3) is 3.90. The van der Waals surface area contributed by atoms with Crippen molar-refractivity contribution in [3.63, 3.8) is 0 Å². The van der Waals surface area contributed by atoms with Crippen LogP contribution in [-0.4, -0.2) is 58.3 Å². The van der Waals surface area contributed by atoms with Crippen LogP contribution in [0.2, 0.25) is 0 Å². The molecule has 1 aromatic rings. The number of carbonyl (C=O) groups excluding carboxylic acids is 1. The number of carbonyl (C=O) groups is 1. The summed E-state index contributed by atoms with van der Waals surface area (Å²) < 4.78 is 6.10. The summed E-state index contributed by atoms with van der Waals surface area (Å²) >= 11 is 0. The van der Waals surface area contributed by atoms with Gasteiger partial charge in [0.1, 0.15) is 0 Å². The fourth-order valence-electron chi connectivity index (χ4n) is 3.30. The predicted octanol–water partition coefficient (Wildman–Crippen LogP) is 1.63. The molecular formula is C16H25N5O2. The number of nitrogens with one attached hydrogen (secondary N) is 2. The monoisotopic (exact) mass is 319 g/mol. The first-order chi connectivity index (χ1) is 11.1. The molecule has 126 valence electrons. The molecule has 0 aliphatic carbocycles. The molecule has 2 N–H and O–H groups in total. The maximum atomic E-state index is 12.1. The first-order valence-corrected chi connectivity index (χ1v) is 8.29. The van der Waals surface area contributed by atoms with Crippen molar-refractivity contribution >= 4 is 12.0 Å². The molecule has 2 fully saturated rings. The number of hydrogen-bond acceptors (Lipinski definition) is 5. The van der Waals surface area contributed by atoms with E-state index < -0.39 is 0 Å². The predicted molar refractivity (Wildman–Crippen MR) is 87.2 cm³/mol. The lowest BCUT2D eigenvalue weighted by molar-refractivity contribution is -0.0363. The fraction of sp³-hybridized carbons (Fsp3) is 0.688. The van der Waals surface area contributed by atoms with Gasteiger partial charge in [-0.05, 0) is 39.2 Å². The summed E-state index contributed by atoms with van der Waals surface area (Å²) in [5.74, 6) is 0.645. The Kier molecular flexibility index (Phi) is 4.66. The highest BCUT2D eigenvalue weighted by atomic mass is 16.5. The normalized spacial score (nSPS) is 23.3. The summed E-state index contributed by atoms with van der Waals surface area (Å²) in [6, 6.07) is 2.23. The van der Waals surface area contributed by atoms with Gasteiger partial charge in [-0.15, -0.1) is 0 Å². The maximum absolute atomic E-state index is 12.1. The molecule has 0 radical (unpaired) electrons. The van der Waals surface area contributed by atoms with E-state index in [2.05, 4.69) is 20.6 Å². The third-order valence-electron chi connectivity index (χ3n) is 4.48. The molecule has 1 atom stereocenters. The van der Waals surface area contributed by atoms with E-state index >= 15 is 0 Å². The summed E-state index contributed by atoms with van der Waals surface area (Å²) in [6.07, 6.45) is 6.16. The van der Waals surface area contributed by atoms with Crippen LogP contribution in [0.15, 0.2) is 18.5 Å². The van der Waals surface area contributed by atoms with Crippen LogP contribution in [0.1, 0.15) is 33.1 Å². The molecule has 23 heavy (non-hydrogen) atoms. The second-order valence-corrected chi connectivity index (χ2v) is 6.70. The van der Waals surface area contributed by atoms with Crippen molar-refractivity contribution in [1.82, 2.24) is 20.2 Å². The number of anilines is 1. The molecule has 3 heterocycles. The lowest BCUT2D eigenvalue weighted by Gasteiger charge is -2.38. The molecule has 0 unspecified atom stereocenters. The molecule has 0 aromatic carbocycles. The molecule has 2 aliphatic heterocycles. The summed E-state index contributed by atoms with van der Waals surface area (Å²) in [5, 5.41) is 6.28. The first-order valence-electron chi connectivity index (χ1n) is 8.29. The van der Waals surface area contributed by atoms with E-state index in [0.717, 1.165) is 32.4 Å². The molecule has 0 bridgehead atoms. The Bertz CT molecular complexity index is 529. The first kappa shape index (κ1) is 16.0. The molecule has 1 spiro atoms. The van der Waals surface area contributed by atoms with Gasteiger partial charge in [0.25, 0.3) is 0 Å². The Morgan fingerprint density at radius 1 is 1.35 bits per heavy atom. The Balaban J connectivity index is 1.50. The zero-order valence-corrected chi connectivity index (χ0v) is 13.8. The van der Waals surface area contributed by atoms with E-state index in [0.29, 0.717) is 12.6 Å². The minimum absolute atomic E-state index is 0.0280. The van der Waals surface area contributed by atoms with Crippen molar-refractivity contribution in [2.45, 2.75) is 50.8 Å².